The smallest absolute Gasteiger partial charge is 0.270 e. The van der Waals surface area contributed by atoms with Gasteiger partial charge < -0.3 is 25.2 Å². The number of hydrogen-bond donors (Lipinski definition) is 3. The number of nitrogens with zero attached hydrogens (tertiary/aromatic N) is 1. The first-order chi connectivity index (χ1) is 13.5. The van der Waals surface area contributed by atoms with Gasteiger partial charge in [-0.1, -0.05) is 13.0 Å². The Morgan fingerprint density at radius 2 is 2.04 bits per heavy atom. The van der Waals surface area contributed by atoms with Crippen LogP contribution in [0.2, 0.25) is 0 Å². The summed E-state index contributed by atoms with van der Waals surface area (Å²) in [7, 11) is 0. The van der Waals surface area contributed by atoms with Crippen molar-refractivity contribution >= 4 is 17.3 Å². The number of carbonyl (C=O) groups is 1. The van der Waals surface area contributed by atoms with Crippen LogP contribution in [0.15, 0.2) is 36.4 Å². The van der Waals surface area contributed by atoms with Gasteiger partial charge in [0.25, 0.3) is 11.6 Å². The van der Waals surface area contributed by atoms with Crippen molar-refractivity contribution in [3.63, 3.8) is 0 Å². The summed E-state index contributed by atoms with van der Waals surface area (Å²) in [6.07, 6.45) is 0.631. The fourth-order valence-electron chi connectivity index (χ4n) is 2.78. The van der Waals surface area contributed by atoms with Crippen LogP contribution in [-0.4, -0.2) is 35.4 Å². The minimum atomic E-state index is -0.554. The molecule has 0 aliphatic carbocycles. The van der Waals surface area contributed by atoms with Crippen LogP contribution >= 0.6 is 0 Å². The lowest BCUT2D eigenvalue weighted by Crippen LogP contribution is -2.27. The highest BCUT2D eigenvalue weighted by Crippen LogP contribution is 2.32. The van der Waals surface area contributed by atoms with Crippen LogP contribution in [0.1, 0.15) is 29.3 Å². The number of anilines is 1. The molecule has 1 aliphatic rings. The summed E-state index contributed by atoms with van der Waals surface area (Å²) >= 11 is 0. The van der Waals surface area contributed by atoms with Gasteiger partial charge in [0.05, 0.1) is 17.1 Å². The Morgan fingerprint density at radius 1 is 1.25 bits per heavy atom. The number of benzene rings is 2. The molecule has 9 nitrogen and oxygen atoms in total. The minimum Gasteiger partial charge on any atom is -0.454 e. The largest absolute Gasteiger partial charge is 0.454 e. The van der Waals surface area contributed by atoms with Crippen LogP contribution in [-0.2, 0) is 6.54 Å². The Balaban J connectivity index is 1.78. The normalized spacial score (nSPS) is 13.1. The van der Waals surface area contributed by atoms with Crippen molar-refractivity contribution in [2.45, 2.75) is 25.9 Å². The molecule has 1 amide bonds. The number of aliphatic hydroxyl groups excluding tert-OH is 1. The highest BCUT2D eigenvalue weighted by molar-refractivity contribution is 6.00. The molecule has 1 aliphatic heterocycles. The second kappa shape index (κ2) is 8.57. The van der Waals surface area contributed by atoms with Crippen molar-refractivity contribution in [2.24, 2.45) is 0 Å². The van der Waals surface area contributed by atoms with Crippen LogP contribution in [0.25, 0.3) is 0 Å². The lowest BCUT2D eigenvalue weighted by atomic mass is 10.1. The molecule has 2 aromatic carbocycles. The predicted octanol–water partition coefficient (Wildman–Crippen LogP) is 2.44. The Morgan fingerprint density at radius 3 is 2.75 bits per heavy atom. The van der Waals surface area contributed by atoms with E-state index in [1.54, 1.807) is 18.2 Å². The Kier molecular flexibility index (Phi) is 5.95. The number of nitro benzene ring substituents is 1. The second-order valence-electron chi connectivity index (χ2n) is 6.29. The van der Waals surface area contributed by atoms with Crippen molar-refractivity contribution in [2.75, 3.05) is 18.7 Å². The molecule has 0 unspecified atom stereocenters. The SMILES string of the molecule is CC[C@@H](CO)Nc1ccc([N+](=O)[O-])cc1C(=O)NCc1ccc2c(c1)OCO2. The predicted molar refractivity (Wildman–Crippen MR) is 102 cm³/mol. The maximum atomic E-state index is 12.7. The number of nitrogens with one attached hydrogen (secondary N) is 2. The molecule has 1 heterocycles. The fourth-order valence-corrected chi connectivity index (χ4v) is 2.78. The number of ether oxygens (including phenoxy) is 2. The van der Waals surface area contributed by atoms with Crippen molar-refractivity contribution in [1.82, 2.24) is 5.32 Å². The zero-order valence-electron chi connectivity index (χ0n) is 15.3. The molecule has 0 saturated carbocycles. The third kappa shape index (κ3) is 4.32. The van der Waals surface area contributed by atoms with Gasteiger partial charge in [-0.25, -0.2) is 0 Å². The lowest BCUT2D eigenvalue weighted by molar-refractivity contribution is -0.384. The summed E-state index contributed by atoms with van der Waals surface area (Å²) in [4.78, 5) is 23.3. The van der Waals surface area contributed by atoms with Crippen LogP contribution in [0.5, 0.6) is 11.5 Å². The van der Waals surface area contributed by atoms with E-state index >= 15 is 0 Å². The molecule has 0 fully saturated rings. The number of nitro groups is 1. The standard InChI is InChI=1S/C19H21N3O6/c1-2-13(10-23)21-16-5-4-14(22(25)26)8-15(16)19(24)20-9-12-3-6-17-18(7-12)28-11-27-17/h3-8,13,21,23H,2,9-11H2,1H3,(H,20,24)/t13-/m0/s1. The molecule has 28 heavy (non-hydrogen) atoms. The highest BCUT2D eigenvalue weighted by atomic mass is 16.7. The zero-order chi connectivity index (χ0) is 20.1. The zero-order valence-corrected chi connectivity index (χ0v) is 15.3. The summed E-state index contributed by atoms with van der Waals surface area (Å²) in [6, 6.07) is 9.10. The molecule has 2 aromatic rings. The molecule has 9 heteroatoms. The maximum Gasteiger partial charge on any atom is 0.270 e. The summed E-state index contributed by atoms with van der Waals surface area (Å²) in [5, 5.41) is 26.3. The topological polar surface area (TPSA) is 123 Å². The summed E-state index contributed by atoms with van der Waals surface area (Å²) in [5.41, 5.74) is 1.19. The van der Waals surface area contributed by atoms with Crippen molar-refractivity contribution in [3.05, 3.63) is 57.6 Å². The lowest BCUT2D eigenvalue weighted by Gasteiger charge is -2.18. The van der Waals surface area contributed by atoms with Crippen LogP contribution < -0.4 is 20.1 Å². The third-order valence-electron chi connectivity index (χ3n) is 4.42. The fraction of sp³-hybridized carbons (Fsp3) is 0.316. The number of fused-ring (bicyclic) bond motifs is 1. The van der Waals surface area contributed by atoms with Gasteiger partial charge in [0.15, 0.2) is 11.5 Å². The molecule has 0 bridgehead atoms. The van der Waals surface area contributed by atoms with Gasteiger partial charge in [-0.05, 0) is 30.2 Å². The average molecular weight is 387 g/mol. The average Bonchev–Trinajstić information content (AvgIpc) is 3.18. The monoisotopic (exact) mass is 387 g/mol. The number of non-ortho nitro benzene ring substituents is 1. The number of hydrogen-bond acceptors (Lipinski definition) is 7. The Labute approximate surface area is 161 Å². The van der Waals surface area contributed by atoms with E-state index in [-0.39, 0.29) is 37.2 Å². The summed E-state index contributed by atoms with van der Waals surface area (Å²) in [6.45, 7) is 2.15. The quantitative estimate of drug-likeness (QED) is 0.469. The van der Waals surface area contributed by atoms with E-state index in [0.29, 0.717) is 23.6 Å². The third-order valence-corrected chi connectivity index (χ3v) is 4.42. The number of aliphatic hydroxyl groups is 1. The Bertz CT molecular complexity index is 882. The van der Waals surface area contributed by atoms with Gasteiger partial charge in [0, 0.05) is 30.4 Å². The molecule has 148 valence electrons. The van der Waals surface area contributed by atoms with Gasteiger partial charge in [0.2, 0.25) is 6.79 Å². The van der Waals surface area contributed by atoms with E-state index in [1.165, 1.54) is 18.2 Å². The molecule has 1 atom stereocenters. The molecule has 3 N–H and O–H groups in total. The van der Waals surface area contributed by atoms with Gasteiger partial charge >= 0.3 is 0 Å². The second-order valence-corrected chi connectivity index (χ2v) is 6.29. The van der Waals surface area contributed by atoms with E-state index in [1.807, 2.05) is 6.92 Å². The molecule has 0 spiro atoms. The van der Waals surface area contributed by atoms with E-state index in [4.69, 9.17) is 9.47 Å². The number of amides is 1. The molecule has 3 rings (SSSR count). The summed E-state index contributed by atoms with van der Waals surface area (Å²) < 4.78 is 10.6. The molecule has 0 radical (unpaired) electrons. The summed E-state index contributed by atoms with van der Waals surface area (Å²) in [5.74, 6) is 0.796. The number of carbonyl (C=O) groups excluding carboxylic acids is 1. The van der Waals surface area contributed by atoms with Gasteiger partial charge in [-0.3, -0.25) is 14.9 Å². The van der Waals surface area contributed by atoms with E-state index in [0.717, 1.165) is 5.56 Å². The van der Waals surface area contributed by atoms with Crippen molar-refractivity contribution in [1.29, 1.82) is 0 Å². The van der Waals surface area contributed by atoms with E-state index < -0.39 is 10.8 Å². The van der Waals surface area contributed by atoms with Crippen LogP contribution in [0, 0.1) is 10.1 Å². The van der Waals surface area contributed by atoms with Crippen molar-refractivity contribution in [3.8, 4) is 11.5 Å². The van der Waals surface area contributed by atoms with E-state index in [2.05, 4.69) is 10.6 Å². The first-order valence-electron chi connectivity index (χ1n) is 8.84. The molecule has 0 saturated heterocycles. The van der Waals surface area contributed by atoms with Crippen LogP contribution in [0.3, 0.4) is 0 Å². The van der Waals surface area contributed by atoms with Crippen molar-refractivity contribution < 1.29 is 24.3 Å². The van der Waals surface area contributed by atoms with Crippen LogP contribution in [0.4, 0.5) is 11.4 Å². The molecule has 0 aromatic heterocycles. The first-order valence-corrected chi connectivity index (χ1v) is 8.84. The minimum absolute atomic E-state index is 0.119. The maximum absolute atomic E-state index is 12.7. The molecular weight excluding hydrogens is 366 g/mol. The molecular formula is C19H21N3O6. The van der Waals surface area contributed by atoms with Gasteiger partial charge in [0.1, 0.15) is 0 Å². The van der Waals surface area contributed by atoms with E-state index in [9.17, 15) is 20.0 Å². The Hall–Kier alpha value is -3.33. The van der Waals surface area contributed by atoms with Gasteiger partial charge in [-0.2, -0.15) is 0 Å². The first kappa shape index (κ1) is 19.4. The number of rotatable bonds is 8. The van der Waals surface area contributed by atoms with Gasteiger partial charge in [-0.15, -0.1) is 0 Å². The highest BCUT2D eigenvalue weighted by Gasteiger charge is 2.19.